The van der Waals surface area contributed by atoms with Crippen molar-refractivity contribution in [2.24, 2.45) is 11.7 Å². The van der Waals surface area contributed by atoms with E-state index < -0.39 is 6.04 Å². The minimum absolute atomic E-state index is 0. The van der Waals surface area contributed by atoms with E-state index in [2.05, 4.69) is 0 Å². The molecule has 1 saturated heterocycles. The third-order valence-corrected chi connectivity index (χ3v) is 3.06. The first-order chi connectivity index (χ1) is 8.47. The lowest BCUT2D eigenvalue weighted by atomic mass is 10.1. The lowest BCUT2D eigenvalue weighted by Gasteiger charge is -2.36. The number of halogens is 1. The lowest BCUT2D eigenvalue weighted by molar-refractivity contribution is -0.142. The first kappa shape index (κ1) is 18.1. The summed E-state index contributed by atoms with van der Waals surface area (Å²) in [6, 6.07) is -0.609. The molecule has 1 fully saturated rings. The highest BCUT2D eigenvalue weighted by Crippen LogP contribution is 2.08. The van der Waals surface area contributed by atoms with Gasteiger partial charge in [-0.25, -0.2) is 0 Å². The number of piperazine rings is 1. The lowest BCUT2D eigenvalue weighted by Crippen LogP contribution is -2.55. The van der Waals surface area contributed by atoms with Crippen LogP contribution in [0.1, 0.15) is 13.8 Å². The van der Waals surface area contributed by atoms with Gasteiger partial charge in [-0.15, -0.1) is 12.4 Å². The summed E-state index contributed by atoms with van der Waals surface area (Å²) in [6.45, 7) is 6.26. The maximum Gasteiger partial charge on any atom is 0.241 e. The number of nitrogens with two attached hydrogens (primary N) is 1. The number of hydrogen-bond donors (Lipinski definition) is 1. The van der Waals surface area contributed by atoms with Crippen molar-refractivity contribution >= 4 is 24.2 Å². The number of ether oxygens (including phenoxy) is 1. The average molecular weight is 294 g/mol. The monoisotopic (exact) mass is 293 g/mol. The predicted octanol–water partition coefficient (Wildman–Crippen LogP) is -0.291. The van der Waals surface area contributed by atoms with Crippen LogP contribution in [0.3, 0.4) is 0 Å². The van der Waals surface area contributed by atoms with Crippen molar-refractivity contribution in [3.8, 4) is 0 Å². The van der Waals surface area contributed by atoms with Crippen LogP contribution in [0.2, 0.25) is 0 Å². The first-order valence-corrected chi connectivity index (χ1v) is 6.29. The fourth-order valence-electron chi connectivity index (χ4n) is 2.00. The molecule has 0 saturated carbocycles. The highest BCUT2D eigenvalue weighted by atomic mass is 35.5. The van der Waals surface area contributed by atoms with E-state index in [1.165, 1.54) is 7.11 Å². The van der Waals surface area contributed by atoms with Crippen LogP contribution in [0.15, 0.2) is 0 Å². The van der Waals surface area contributed by atoms with E-state index in [0.717, 1.165) is 0 Å². The summed E-state index contributed by atoms with van der Waals surface area (Å²) in [5.74, 6) is 0.0415. The van der Waals surface area contributed by atoms with Crippen molar-refractivity contribution in [2.75, 3.05) is 39.9 Å². The number of rotatable bonds is 4. The Balaban J connectivity index is 0.00000324. The molecule has 1 rings (SSSR count). The maximum absolute atomic E-state index is 11.9. The Labute approximate surface area is 120 Å². The van der Waals surface area contributed by atoms with Crippen LogP contribution in [-0.4, -0.2) is 67.6 Å². The van der Waals surface area contributed by atoms with E-state index in [-0.39, 0.29) is 36.7 Å². The molecule has 0 aromatic heterocycles. The van der Waals surface area contributed by atoms with Crippen LogP contribution < -0.4 is 5.73 Å². The van der Waals surface area contributed by atoms with Crippen molar-refractivity contribution in [1.82, 2.24) is 9.80 Å². The van der Waals surface area contributed by atoms with Gasteiger partial charge < -0.3 is 20.3 Å². The molecule has 0 spiro atoms. The molecule has 1 aliphatic heterocycles. The third kappa shape index (κ3) is 4.97. The zero-order valence-corrected chi connectivity index (χ0v) is 12.6. The van der Waals surface area contributed by atoms with Gasteiger partial charge in [0.25, 0.3) is 0 Å². The zero-order valence-electron chi connectivity index (χ0n) is 11.8. The van der Waals surface area contributed by atoms with Gasteiger partial charge in [0.05, 0.1) is 6.61 Å². The first-order valence-electron chi connectivity index (χ1n) is 6.29. The molecular formula is C12H24ClN3O3. The van der Waals surface area contributed by atoms with Crippen molar-refractivity contribution < 1.29 is 14.3 Å². The summed E-state index contributed by atoms with van der Waals surface area (Å²) in [4.78, 5) is 27.2. The molecule has 0 aliphatic carbocycles. The molecule has 112 valence electrons. The van der Waals surface area contributed by atoms with E-state index in [1.807, 2.05) is 13.8 Å². The van der Waals surface area contributed by atoms with Gasteiger partial charge in [0, 0.05) is 39.2 Å². The second-order valence-corrected chi connectivity index (χ2v) is 4.87. The van der Waals surface area contributed by atoms with Gasteiger partial charge in [-0.3, -0.25) is 9.59 Å². The maximum atomic E-state index is 11.9. The van der Waals surface area contributed by atoms with Crippen LogP contribution in [0.4, 0.5) is 0 Å². The normalized spacial score (nSPS) is 17.1. The topological polar surface area (TPSA) is 75.9 Å². The van der Waals surface area contributed by atoms with E-state index in [9.17, 15) is 9.59 Å². The standard InChI is InChI=1S/C12H23N3O3.ClH/c1-9(2)11(16)14-4-6-15(7-5-14)12(17)10(13)8-18-3;/h9-10H,4-8,13H2,1-3H3;1H. The van der Waals surface area contributed by atoms with Crippen LogP contribution in [0.25, 0.3) is 0 Å². The summed E-state index contributed by atoms with van der Waals surface area (Å²) < 4.78 is 4.87. The largest absolute Gasteiger partial charge is 0.383 e. The van der Waals surface area contributed by atoms with Crippen LogP contribution in [0, 0.1) is 5.92 Å². The van der Waals surface area contributed by atoms with Crippen molar-refractivity contribution in [3.63, 3.8) is 0 Å². The number of nitrogens with zero attached hydrogens (tertiary/aromatic N) is 2. The molecule has 0 radical (unpaired) electrons. The molecule has 1 heterocycles. The van der Waals surface area contributed by atoms with E-state index in [4.69, 9.17) is 10.5 Å². The smallest absolute Gasteiger partial charge is 0.241 e. The Hall–Kier alpha value is -0.850. The number of methoxy groups -OCH3 is 1. The Morgan fingerprint density at radius 1 is 1.11 bits per heavy atom. The Morgan fingerprint density at radius 2 is 1.53 bits per heavy atom. The summed E-state index contributed by atoms with van der Waals surface area (Å²) in [6.07, 6.45) is 0. The molecule has 0 aromatic rings. The van der Waals surface area contributed by atoms with Gasteiger partial charge in [-0.1, -0.05) is 13.8 Å². The summed E-state index contributed by atoms with van der Waals surface area (Å²) in [7, 11) is 1.52. The second kappa shape index (κ2) is 8.35. The molecule has 0 aromatic carbocycles. The molecule has 2 amide bonds. The van der Waals surface area contributed by atoms with Gasteiger partial charge in [-0.05, 0) is 0 Å². The van der Waals surface area contributed by atoms with Gasteiger partial charge in [0.15, 0.2) is 0 Å². The van der Waals surface area contributed by atoms with Crippen molar-refractivity contribution in [1.29, 1.82) is 0 Å². The van der Waals surface area contributed by atoms with Gasteiger partial charge >= 0.3 is 0 Å². The fraction of sp³-hybridized carbons (Fsp3) is 0.833. The Bertz CT molecular complexity index is 305. The molecule has 1 atom stereocenters. The molecular weight excluding hydrogens is 270 g/mol. The minimum Gasteiger partial charge on any atom is -0.383 e. The second-order valence-electron chi connectivity index (χ2n) is 4.87. The Morgan fingerprint density at radius 3 is 1.89 bits per heavy atom. The Kier molecular flexibility index (Phi) is 7.97. The molecule has 7 heteroatoms. The number of hydrogen-bond acceptors (Lipinski definition) is 4. The van der Waals surface area contributed by atoms with Gasteiger partial charge in [0.2, 0.25) is 11.8 Å². The van der Waals surface area contributed by atoms with E-state index in [0.29, 0.717) is 26.2 Å². The highest BCUT2D eigenvalue weighted by Gasteiger charge is 2.27. The number of carbonyl (C=O) groups is 2. The molecule has 0 bridgehead atoms. The SMILES string of the molecule is COCC(N)C(=O)N1CCN(C(=O)C(C)C)CC1.Cl. The summed E-state index contributed by atoms with van der Waals surface area (Å²) in [5, 5.41) is 0. The molecule has 19 heavy (non-hydrogen) atoms. The average Bonchev–Trinajstić information content (AvgIpc) is 2.37. The van der Waals surface area contributed by atoms with Gasteiger partial charge in [0.1, 0.15) is 6.04 Å². The van der Waals surface area contributed by atoms with E-state index >= 15 is 0 Å². The zero-order chi connectivity index (χ0) is 13.7. The predicted molar refractivity (Wildman–Crippen MR) is 75.1 cm³/mol. The quantitative estimate of drug-likeness (QED) is 0.773. The van der Waals surface area contributed by atoms with Gasteiger partial charge in [-0.2, -0.15) is 0 Å². The van der Waals surface area contributed by atoms with Crippen LogP contribution in [0.5, 0.6) is 0 Å². The molecule has 6 nitrogen and oxygen atoms in total. The summed E-state index contributed by atoms with van der Waals surface area (Å²) in [5.41, 5.74) is 5.70. The van der Waals surface area contributed by atoms with Crippen molar-refractivity contribution in [3.05, 3.63) is 0 Å². The van der Waals surface area contributed by atoms with Crippen LogP contribution in [-0.2, 0) is 14.3 Å². The fourth-order valence-corrected chi connectivity index (χ4v) is 2.00. The summed E-state index contributed by atoms with van der Waals surface area (Å²) >= 11 is 0. The molecule has 2 N–H and O–H groups in total. The minimum atomic E-state index is -0.609. The number of carbonyl (C=O) groups excluding carboxylic acids is 2. The third-order valence-electron chi connectivity index (χ3n) is 3.06. The molecule has 1 aliphatic rings. The van der Waals surface area contributed by atoms with Crippen molar-refractivity contribution in [2.45, 2.75) is 19.9 Å². The molecule has 1 unspecified atom stereocenters. The number of amides is 2. The van der Waals surface area contributed by atoms with Crippen LogP contribution >= 0.6 is 12.4 Å². The van der Waals surface area contributed by atoms with E-state index in [1.54, 1.807) is 9.80 Å². The highest BCUT2D eigenvalue weighted by molar-refractivity contribution is 5.85.